The van der Waals surface area contributed by atoms with Gasteiger partial charge in [-0.05, 0) is 76.5 Å². The van der Waals surface area contributed by atoms with E-state index in [1.807, 2.05) is 20.8 Å². The lowest BCUT2D eigenvalue weighted by Gasteiger charge is -2.60. The summed E-state index contributed by atoms with van der Waals surface area (Å²) < 4.78 is 16.7. The minimum Gasteiger partial charge on any atom is -0.463 e. The standard InChI is InChI=1S/C22H36O5/c1-5-18-17-10-15-9-16(11-17)13-22(18,12-15)27-19(23)14-25-7-8-26-20(24)21(3,4)6-2/h15-18H,5-14H2,1-4H3. The van der Waals surface area contributed by atoms with Crippen molar-refractivity contribution in [1.29, 1.82) is 0 Å². The van der Waals surface area contributed by atoms with E-state index in [0.29, 0.717) is 5.92 Å². The third kappa shape index (κ3) is 4.33. The SMILES string of the molecule is CCC1C2CC3CC(C2)CC1(OC(=O)COCCOC(=O)C(C)(C)CC)C3. The first-order valence-corrected chi connectivity index (χ1v) is 10.8. The van der Waals surface area contributed by atoms with Crippen LogP contribution in [0.15, 0.2) is 0 Å². The Morgan fingerprint density at radius 3 is 2.30 bits per heavy atom. The Kier molecular flexibility index (Phi) is 6.19. The fourth-order valence-electron chi connectivity index (χ4n) is 5.88. The normalized spacial score (nSPS) is 34.5. The van der Waals surface area contributed by atoms with Gasteiger partial charge in [0.25, 0.3) is 0 Å². The second-order valence-corrected chi connectivity index (χ2v) is 9.59. The minimum atomic E-state index is -0.480. The van der Waals surface area contributed by atoms with Gasteiger partial charge in [0.2, 0.25) is 0 Å². The van der Waals surface area contributed by atoms with Crippen molar-refractivity contribution in [3.63, 3.8) is 0 Å². The lowest BCUT2D eigenvalue weighted by molar-refractivity contribution is -0.212. The van der Waals surface area contributed by atoms with Crippen LogP contribution in [0.3, 0.4) is 0 Å². The smallest absolute Gasteiger partial charge is 0.332 e. The molecule has 4 fully saturated rings. The van der Waals surface area contributed by atoms with Crippen molar-refractivity contribution in [3.05, 3.63) is 0 Å². The lowest BCUT2D eigenvalue weighted by atomic mass is 9.49. The average molecular weight is 381 g/mol. The van der Waals surface area contributed by atoms with Gasteiger partial charge in [-0.2, -0.15) is 0 Å². The highest BCUT2D eigenvalue weighted by Crippen LogP contribution is 2.60. The molecule has 4 saturated carbocycles. The van der Waals surface area contributed by atoms with Crippen LogP contribution < -0.4 is 0 Å². The van der Waals surface area contributed by atoms with Crippen molar-refractivity contribution in [2.45, 2.75) is 78.2 Å². The summed E-state index contributed by atoms with van der Waals surface area (Å²) in [5, 5.41) is 0. The molecule has 0 amide bonds. The monoisotopic (exact) mass is 380 g/mol. The highest BCUT2D eigenvalue weighted by atomic mass is 16.6. The predicted octanol–water partition coefficient (Wildman–Crippen LogP) is 4.13. The molecule has 154 valence electrons. The summed E-state index contributed by atoms with van der Waals surface area (Å²) in [7, 11) is 0. The van der Waals surface area contributed by atoms with Gasteiger partial charge in [0.15, 0.2) is 0 Å². The summed E-state index contributed by atoms with van der Waals surface area (Å²) >= 11 is 0. The maximum absolute atomic E-state index is 12.4. The van der Waals surface area contributed by atoms with Gasteiger partial charge in [-0.15, -0.1) is 0 Å². The molecule has 0 saturated heterocycles. The maximum atomic E-state index is 12.4. The van der Waals surface area contributed by atoms with E-state index in [1.165, 1.54) is 19.3 Å². The molecule has 4 aliphatic carbocycles. The van der Waals surface area contributed by atoms with Crippen LogP contribution in [0.5, 0.6) is 0 Å². The zero-order valence-corrected chi connectivity index (χ0v) is 17.4. The van der Waals surface area contributed by atoms with Gasteiger partial charge in [-0.25, -0.2) is 4.79 Å². The van der Waals surface area contributed by atoms with E-state index in [-0.39, 0.29) is 37.4 Å². The van der Waals surface area contributed by atoms with E-state index in [9.17, 15) is 9.59 Å². The Hall–Kier alpha value is -1.10. The molecular weight excluding hydrogens is 344 g/mol. The summed E-state index contributed by atoms with van der Waals surface area (Å²) in [6.45, 7) is 8.25. The highest BCUT2D eigenvalue weighted by Gasteiger charge is 2.58. The van der Waals surface area contributed by atoms with Crippen LogP contribution in [0.25, 0.3) is 0 Å². The van der Waals surface area contributed by atoms with E-state index in [2.05, 4.69) is 6.92 Å². The van der Waals surface area contributed by atoms with Crippen LogP contribution in [0.1, 0.15) is 72.6 Å². The molecule has 4 rings (SSSR count). The molecule has 0 aromatic rings. The summed E-state index contributed by atoms with van der Waals surface area (Å²) in [5.74, 6) is 2.22. The fourth-order valence-corrected chi connectivity index (χ4v) is 5.88. The molecule has 27 heavy (non-hydrogen) atoms. The Bertz CT molecular complexity index is 541. The molecule has 0 spiro atoms. The molecule has 5 heteroatoms. The van der Waals surface area contributed by atoms with Crippen molar-refractivity contribution >= 4 is 11.9 Å². The summed E-state index contributed by atoms with van der Waals surface area (Å²) in [6.07, 6.45) is 7.85. The third-order valence-electron chi connectivity index (χ3n) is 7.33. The first kappa shape index (κ1) is 20.6. The molecule has 0 aromatic heterocycles. The highest BCUT2D eigenvalue weighted by molar-refractivity contribution is 5.75. The first-order valence-electron chi connectivity index (χ1n) is 10.8. The Morgan fingerprint density at radius 2 is 1.70 bits per heavy atom. The molecular formula is C22H36O5. The summed E-state index contributed by atoms with van der Waals surface area (Å²) in [6, 6.07) is 0. The number of esters is 2. The second-order valence-electron chi connectivity index (χ2n) is 9.59. The molecule has 0 heterocycles. The van der Waals surface area contributed by atoms with E-state index in [4.69, 9.17) is 14.2 Å². The van der Waals surface area contributed by atoms with Crippen molar-refractivity contribution in [1.82, 2.24) is 0 Å². The molecule has 0 aromatic carbocycles. The number of ether oxygens (including phenoxy) is 3. The maximum Gasteiger partial charge on any atom is 0.332 e. The zero-order chi connectivity index (χ0) is 19.7. The number of carbonyl (C=O) groups is 2. The first-order chi connectivity index (χ1) is 12.8. The van der Waals surface area contributed by atoms with Gasteiger partial charge >= 0.3 is 11.9 Å². The van der Waals surface area contributed by atoms with Gasteiger partial charge in [0.1, 0.15) is 18.8 Å². The van der Waals surface area contributed by atoms with Crippen LogP contribution >= 0.6 is 0 Å². The van der Waals surface area contributed by atoms with Crippen molar-refractivity contribution in [2.75, 3.05) is 19.8 Å². The predicted molar refractivity (Wildman–Crippen MR) is 102 cm³/mol. The number of hydrogen-bond acceptors (Lipinski definition) is 5. The van der Waals surface area contributed by atoms with Crippen molar-refractivity contribution < 1.29 is 23.8 Å². The minimum absolute atomic E-state index is 0.0626. The van der Waals surface area contributed by atoms with Crippen molar-refractivity contribution in [3.8, 4) is 0 Å². The Morgan fingerprint density at radius 1 is 1.04 bits per heavy atom. The van der Waals surface area contributed by atoms with Crippen LogP contribution in [-0.2, 0) is 23.8 Å². The summed E-state index contributed by atoms with van der Waals surface area (Å²) in [5.41, 5.74) is -0.728. The van der Waals surface area contributed by atoms with E-state index in [1.54, 1.807) is 0 Å². The Labute approximate surface area is 163 Å². The third-order valence-corrected chi connectivity index (χ3v) is 7.33. The quantitative estimate of drug-likeness (QED) is 0.444. The van der Waals surface area contributed by atoms with Gasteiger partial charge in [-0.1, -0.05) is 13.8 Å². The van der Waals surface area contributed by atoms with Gasteiger partial charge in [0.05, 0.1) is 12.0 Å². The van der Waals surface area contributed by atoms with Crippen LogP contribution in [0, 0.1) is 29.1 Å². The topological polar surface area (TPSA) is 61.8 Å². The molecule has 3 atom stereocenters. The Balaban J connectivity index is 1.42. The zero-order valence-electron chi connectivity index (χ0n) is 17.4. The van der Waals surface area contributed by atoms with Gasteiger partial charge < -0.3 is 14.2 Å². The van der Waals surface area contributed by atoms with Crippen LogP contribution in [0.2, 0.25) is 0 Å². The number of hydrogen-bond donors (Lipinski definition) is 0. The average Bonchev–Trinajstić information content (AvgIpc) is 2.60. The van der Waals surface area contributed by atoms with E-state index < -0.39 is 5.41 Å². The van der Waals surface area contributed by atoms with Crippen LogP contribution in [-0.4, -0.2) is 37.4 Å². The fraction of sp³-hybridized carbons (Fsp3) is 0.909. The second kappa shape index (κ2) is 8.10. The summed E-state index contributed by atoms with van der Waals surface area (Å²) in [4.78, 5) is 24.3. The van der Waals surface area contributed by atoms with Crippen molar-refractivity contribution in [2.24, 2.45) is 29.1 Å². The number of carbonyl (C=O) groups excluding carboxylic acids is 2. The molecule has 0 radical (unpaired) electrons. The van der Waals surface area contributed by atoms with E-state index in [0.717, 1.165) is 43.4 Å². The van der Waals surface area contributed by atoms with Crippen LogP contribution in [0.4, 0.5) is 0 Å². The lowest BCUT2D eigenvalue weighted by Crippen LogP contribution is -2.59. The molecule has 0 N–H and O–H groups in total. The molecule has 3 unspecified atom stereocenters. The molecule has 4 aliphatic rings. The van der Waals surface area contributed by atoms with E-state index >= 15 is 0 Å². The molecule has 4 bridgehead atoms. The van der Waals surface area contributed by atoms with Gasteiger partial charge in [0, 0.05) is 5.92 Å². The molecule has 5 nitrogen and oxygen atoms in total. The molecule has 0 aliphatic heterocycles. The largest absolute Gasteiger partial charge is 0.463 e. The van der Waals surface area contributed by atoms with Gasteiger partial charge in [-0.3, -0.25) is 4.79 Å². The number of rotatable bonds is 9.